The maximum Gasteiger partial charge on any atom is 0.0712 e. The van der Waals surface area contributed by atoms with Crippen LogP contribution in [0.15, 0.2) is 30.3 Å². The fraction of sp³-hybridized carbons (Fsp3) is 0.700. The lowest BCUT2D eigenvalue weighted by Crippen LogP contribution is -2.43. The van der Waals surface area contributed by atoms with Gasteiger partial charge in [-0.1, -0.05) is 51.1 Å². The first-order valence-corrected chi connectivity index (χ1v) is 9.11. The minimum Gasteiger partial charge on any atom is -0.391 e. The van der Waals surface area contributed by atoms with Crippen molar-refractivity contribution in [3.8, 4) is 0 Å². The van der Waals surface area contributed by atoms with Crippen LogP contribution in [0, 0.1) is 17.3 Å². The van der Waals surface area contributed by atoms with Gasteiger partial charge in [0.2, 0.25) is 0 Å². The molecule has 1 aromatic rings. The molecule has 2 aliphatic rings. The Hall–Kier alpha value is -0.900. The van der Waals surface area contributed by atoms with Gasteiger partial charge in [0, 0.05) is 32.2 Å². The molecule has 2 N–H and O–H groups in total. The highest BCUT2D eigenvalue weighted by molar-refractivity contribution is 5.15. The molecule has 3 nitrogen and oxygen atoms in total. The van der Waals surface area contributed by atoms with E-state index in [2.05, 4.69) is 61.3 Å². The summed E-state index contributed by atoms with van der Waals surface area (Å²) in [7, 11) is 0. The number of benzene rings is 1. The van der Waals surface area contributed by atoms with Crippen molar-refractivity contribution in [3.05, 3.63) is 35.9 Å². The summed E-state index contributed by atoms with van der Waals surface area (Å²) in [5.41, 5.74) is 1.38. The fourth-order valence-electron chi connectivity index (χ4n) is 4.15. The van der Waals surface area contributed by atoms with Gasteiger partial charge in [-0.05, 0) is 35.7 Å². The smallest absolute Gasteiger partial charge is 0.0712 e. The number of nitrogens with zero attached hydrogens (tertiary/aromatic N) is 1. The quantitative estimate of drug-likeness (QED) is 0.877. The molecule has 0 bridgehead atoms. The molecule has 2 fully saturated rings. The Morgan fingerprint density at radius 2 is 1.91 bits per heavy atom. The van der Waals surface area contributed by atoms with Gasteiger partial charge in [-0.3, -0.25) is 4.90 Å². The SMILES string of the molecule is CC(C)(C)C(O)CNC1CCC2CN(Cc3ccccc3)CC21. The van der Waals surface area contributed by atoms with Crippen molar-refractivity contribution in [1.29, 1.82) is 0 Å². The number of aliphatic hydroxyl groups is 1. The highest BCUT2D eigenvalue weighted by Gasteiger charge is 2.42. The predicted octanol–water partition coefficient (Wildman–Crippen LogP) is 2.89. The molecule has 0 spiro atoms. The van der Waals surface area contributed by atoms with Crippen molar-refractivity contribution in [3.63, 3.8) is 0 Å². The molecular weight excluding hydrogens is 284 g/mol. The third kappa shape index (κ3) is 4.14. The van der Waals surface area contributed by atoms with E-state index in [9.17, 15) is 5.11 Å². The molecule has 1 heterocycles. The second kappa shape index (κ2) is 6.92. The van der Waals surface area contributed by atoms with Crippen LogP contribution in [0.25, 0.3) is 0 Å². The van der Waals surface area contributed by atoms with Crippen molar-refractivity contribution >= 4 is 0 Å². The zero-order chi connectivity index (χ0) is 16.4. The maximum atomic E-state index is 10.3. The minimum absolute atomic E-state index is 0.0416. The molecular formula is C20H32N2O. The van der Waals surface area contributed by atoms with Gasteiger partial charge in [0.25, 0.3) is 0 Å². The van der Waals surface area contributed by atoms with E-state index in [-0.39, 0.29) is 11.5 Å². The standard InChI is InChI=1S/C20H32N2O/c1-20(2,3)19(23)11-21-18-10-9-16-13-22(14-17(16)18)12-15-7-5-4-6-8-15/h4-8,16-19,21,23H,9-14H2,1-3H3. The van der Waals surface area contributed by atoms with E-state index >= 15 is 0 Å². The summed E-state index contributed by atoms with van der Waals surface area (Å²) in [4.78, 5) is 2.61. The molecule has 0 radical (unpaired) electrons. The highest BCUT2D eigenvalue weighted by Crippen LogP contribution is 2.38. The van der Waals surface area contributed by atoms with Gasteiger partial charge in [0.15, 0.2) is 0 Å². The van der Waals surface area contributed by atoms with Gasteiger partial charge in [0.05, 0.1) is 6.10 Å². The lowest BCUT2D eigenvalue weighted by molar-refractivity contribution is 0.0589. The fourth-order valence-corrected chi connectivity index (χ4v) is 4.15. The van der Waals surface area contributed by atoms with Crippen LogP contribution in [0.4, 0.5) is 0 Å². The van der Waals surface area contributed by atoms with Crippen LogP contribution < -0.4 is 5.32 Å². The Balaban J connectivity index is 1.51. The number of hydrogen-bond donors (Lipinski definition) is 2. The zero-order valence-corrected chi connectivity index (χ0v) is 14.8. The van der Waals surface area contributed by atoms with Crippen molar-refractivity contribution < 1.29 is 5.11 Å². The Morgan fingerprint density at radius 3 is 2.61 bits per heavy atom. The largest absolute Gasteiger partial charge is 0.391 e. The van der Waals surface area contributed by atoms with Gasteiger partial charge in [-0.2, -0.15) is 0 Å². The third-order valence-electron chi connectivity index (χ3n) is 5.75. The molecule has 4 atom stereocenters. The molecule has 1 saturated heterocycles. The van der Waals surface area contributed by atoms with E-state index in [1.165, 1.54) is 31.5 Å². The van der Waals surface area contributed by atoms with E-state index in [1.807, 2.05) is 0 Å². The van der Waals surface area contributed by atoms with Crippen LogP contribution in [0.3, 0.4) is 0 Å². The highest BCUT2D eigenvalue weighted by atomic mass is 16.3. The van der Waals surface area contributed by atoms with Crippen LogP contribution >= 0.6 is 0 Å². The molecule has 3 heteroatoms. The number of fused-ring (bicyclic) bond motifs is 1. The summed E-state index contributed by atoms with van der Waals surface area (Å²) in [6, 6.07) is 11.4. The van der Waals surface area contributed by atoms with E-state index in [0.29, 0.717) is 6.04 Å². The van der Waals surface area contributed by atoms with Crippen molar-refractivity contribution in [2.45, 2.75) is 52.3 Å². The Morgan fingerprint density at radius 1 is 1.17 bits per heavy atom. The normalized spacial score (nSPS) is 29.7. The Labute approximate surface area is 141 Å². The summed E-state index contributed by atoms with van der Waals surface area (Å²) >= 11 is 0. The summed E-state index contributed by atoms with van der Waals surface area (Å²) in [6.45, 7) is 10.5. The average molecular weight is 316 g/mol. The van der Waals surface area contributed by atoms with Gasteiger partial charge in [0.1, 0.15) is 0 Å². The number of rotatable bonds is 5. The minimum atomic E-state index is -0.275. The Bertz CT molecular complexity index is 496. The van der Waals surface area contributed by atoms with E-state index in [4.69, 9.17) is 0 Å². The van der Waals surface area contributed by atoms with E-state index in [1.54, 1.807) is 0 Å². The first kappa shape index (κ1) is 16.9. The van der Waals surface area contributed by atoms with Crippen molar-refractivity contribution in [2.75, 3.05) is 19.6 Å². The third-order valence-corrected chi connectivity index (χ3v) is 5.75. The van der Waals surface area contributed by atoms with E-state index in [0.717, 1.165) is 24.9 Å². The summed E-state index contributed by atoms with van der Waals surface area (Å²) in [5.74, 6) is 1.59. The Kier molecular flexibility index (Phi) is 5.10. The molecule has 3 rings (SSSR count). The van der Waals surface area contributed by atoms with Gasteiger partial charge >= 0.3 is 0 Å². The zero-order valence-electron chi connectivity index (χ0n) is 14.8. The molecule has 1 saturated carbocycles. The first-order valence-electron chi connectivity index (χ1n) is 9.11. The molecule has 4 unspecified atom stereocenters. The maximum absolute atomic E-state index is 10.3. The number of hydrogen-bond acceptors (Lipinski definition) is 3. The van der Waals surface area contributed by atoms with Crippen molar-refractivity contribution in [1.82, 2.24) is 10.2 Å². The molecule has 1 aliphatic carbocycles. The molecule has 1 aromatic carbocycles. The summed E-state index contributed by atoms with van der Waals surface area (Å²) in [6.07, 6.45) is 2.33. The van der Waals surface area contributed by atoms with Crippen LogP contribution in [0.5, 0.6) is 0 Å². The molecule has 0 aromatic heterocycles. The second-order valence-corrected chi connectivity index (χ2v) is 8.58. The average Bonchev–Trinajstić information content (AvgIpc) is 3.05. The van der Waals surface area contributed by atoms with Crippen LogP contribution in [0.1, 0.15) is 39.2 Å². The summed E-state index contributed by atoms with van der Waals surface area (Å²) in [5, 5.41) is 13.9. The van der Waals surface area contributed by atoms with Crippen LogP contribution in [-0.4, -0.2) is 41.8 Å². The molecule has 0 amide bonds. The lowest BCUT2D eigenvalue weighted by atomic mass is 9.88. The predicted molar refractivity (Wildman–Crippen MR) is 95.2 cm³/mol. The second-order valence-electron chi connectivity index (χ2n) is 8.58. The monoisotopic (exact) mass is 316 g/mol. The molecule has 1 aliphatic heterocycles. The lowest BCUT2D eigenvalue weighted by Gasteiger charge is -2.29. The van der Waals surface area contributed by atoms with Crippen LogP contribution in [-0.2, 0) is 6.54 Å². The summed E-state index contributed by atoms with van der Waals surface area (Å²) < 4.78 is 0. The molecule has 128 valence electrons. The van der Waals surface area contributed by atoms with Gasteiger partial charge < -0.3 is 10.4 Å². The topological polar surface area (TPSA) is 35.5 Å². The molecule has 23 heavy (non-hydrogen) atoms. The number of likely N-dealkylation sites (tertiary alicyclic amines) is 1. The number of nitrogens with one attached hydrogen (secondary N) is 1. The number of aliphatic hydroxyl groups excluding tert-OH is 1. The van der Waals surface area contributed by atoms with Gasteiger partial charge in [-0.15, -0.1) is 0 Å². The van der Waals surface area contributed by atoms with Gasteiger partial charge in [-0.25, -0.2) is 0 Å². The van der Waals surface area contributed by atoms with Crippen LogP contribution in [0.2, 0.25) is 0 Å². The first-order chi connectivity index (χ1) is 10.9. The van der Waals surface area contributed by atoms with E-state index < -0.39 is 0 Å². The van der Waals surface area contributed by atoms with Crippen molar-refractivity contribution in [2.24, 2.45) is 17.3 Å².